The minimum Gasteiger partial charge on any atom is -0.457 e. The molecule has 1 aliphatic rings. The van der Waals surface area contributed by atoms with E-state index in [4.69, 9.17) is 9.83 Å². The molecule has 0 amide bonds. The maximum absolute atomic E-state index is 13.0. The number of nitrogens with one attached hydrogen (secondary N) is 1. The molecule has 3 aromatic rings. The Bertz CT molecular complexity index is 975. The molecule has 25 heavy (non-hydrogen) atoms. The summed E-state index contributed by atoms with van der Waals surface area (Å²) in [7, 11) is 0. The molecule has 1 unspecified atom stereocenters. The second-order valence-corrected chi connectivity index (χ2v) is 7.36. The van der Waals surface area contributed by atoms with Crippen LogP contribution >= 0.6 is 23.1 Å². The third-order valence-electron chi connectivity index (χ3n) is 3.71. The Hall–Kier alpha value is -2.51. The van der Waals surface area contributed by atoms with Crippen LogP contribution < -0.4 is 0 Å². The van der Waals surface area contributed by atoms with Crippen LogP contribution in [-0.2, 0) is 4.79 Å². The van der Waals surface area contributed by atoms with E-state index in [9.17, 15) is 9.18 Å². The van der Waals surface area contributed by atoms with Gasteiger partial charge in [-0.1, -0.05) is 11.8 Å². The van der Waals surface area contributed by atoms with Crippen molar-refractivity contribution in [3.63, 3.8) is 0 Å². The predicted molar refractivity (Wildman–Crippen MR) is 97.3 cm³/mol. The molecule has 1 saturated heterocycles. The Labute approximate surface area is 150 Å². The van der Waals surface area contributed by atoms with Gasteiger partial charge >= 0.3 is 0 Å². The maximum Gasteiger partial charge on any atom is 0.186 e. The monoisotopic (exact) mass is 370 g/mol. The number of thioether (sulfide) groups is 1. The molecule has 124 valence electrons. The van der Waals surface area contributed by atoms with Crippen LogP contribution in [0.4, 0.5) is 4.39 Å². The van der Waals surface area contributed by atoms with Gasteiger partial charge in [0.05, 0.1) is 9.95 Å². The smallest absolute Gasteiger partial charge is 0.186 e. The molecule has 2 aromatic heterocycles. The number of thiazole rings is 1. The molecule has 1 aliphatic heterocycles. The summed E-state index contributed by atoms with van der Waals surface area (Å²) in [6, 6.07) is 9.52. The fourth-order valence-electron chi connectivity index (χ4n) is 2.52. The SMILES string of the molecule is N=C1SC(=Cc2ccc(-c3ccc(F)cc3)o2)C(=O)C1c1nccs1. The fourth-order valence-corrected chi connectivity index (χ4v) is 4.31. The topological polar surface area (TPSA) is 67.0 Å². The highest BCUT2D eigenvalue weighted by Crippen LogP contribution is 2.41. The van der Waals surface area contributed by atoms with Crippen LogP contribution in [0.25, 0.3) is 17.4 Å². The van der Waals surface area contributed by atoms with Gasteiger partial charge in [0.15, 0.2) is 5.78 Å². The van der Waals surface area contributed by atoms with Gasteiger partial charge in [-0.2, -0.15) is 0 Å². The molecule has 1 atom stereocenters. The summed E-state index contributed by atoms with van der Waals surface area (Å²) in [6.07, 6.45) is 3.27. The van der Waals surface area contributed by atoms with Crippen LogP contribution in [0.1, 0.15) is 16.7 Å². The molecular weight excluding hydrogens is 359 g/mol. The Morgan fingerprint density at radius 3 is 2.72 bits per heavy atom. The zero-order chi connectivity index (χ0) is 17.4. The van der Waals surface area contributed by atoms with Gasteiger partial charge in [0.1, 0.15) is 28.3 Å². The lowest BCUT2D eigenvalue weighted by atomic mass is 10.1. The number of rotatable bonds is 3. The molecule has 0 radical (unpaired) electrons. The molecule has 0 saturated carbocycles. The van der Waals surface area contributed by atoms with Crippen molar-refractivity contribution in [3.05, 3.63) is 69.5 Å². The van der Waals surface area contributed by atoms with Crippen molar-refractivity contribution in [2.75, 3.05) is 0 Å². The van der Waals surface area contributed by atoms with E-state index in [2.05, 4.69) is 4.98 Å². The second-order valence-electron chi connectivity index (χ2n) is 5.35. The number of Topliss-reactive ketones (excluding diaryl/α,β-unsaturated/α-hetero) is 1. The van der Waals surface area contributed by atoms with Gasteiger partial charge in [-0.05, 0) is 42.5 Å². The van der Waals surface area contributed by atoms with Crippen molar-refractivity contribution >= 4 is 40.0 Å². The zero-order valence-corrected chi connectivity index (χ0v) is 14.4. The van der Waals surface area contributed by atoms with E-state index in [0.29, 0.717) is 21.4 Å². The lowest BCUT2D eigenvalue weighted by molar-refractivity contribution is -0.114. The van der Waals surface area contributed by atoms with Crippen molar-refractivity contribution < 1.29 is 13.6 Å². The highest BCUT2D eigenvalue weighted by atomic mass is 32.2. The van der Waals surface area contributed by atoms with Crippen LogP contribution in [0.2, 0.25) is 0 Å². The molecular formula is C18H11FN2O2S2. The first-order valence-electron chi connectivity index (χ1n) is 7.39. The standard InChI is InChI=1S/C18H11FN2O2S2/c19-11-3-1-10(2-4-11)13-6-5-12(23-13)9-14-16(22)15(17(20)25-14)18-21-7-8-24-18/h1-9,15,20H. The number of nitrogens with zero attached hydrogens (tertiary/aromatic N) is 1. The van der Waals surface area contributed by atoms with E-state index in [1.54, 1.807) is 41.9 Å². The summed E-state index contributed by atoms with van der Waals surface area (Å²) in [4.78, 5) is 17.2. The lowest BCUT2D eigenvalue weighted by Crippen LogP contribution is -2.11. The second kappa shape index (κ2) is 6.42. The van der Waals surface area contributed by atoms with Gasteiger partial charge in [0, 0.05) is 17.1 Å². The number of carbonyl (C=O) groups excluding carboxylic acids is 1. The quantitative estimate of drug-likeness (QED) is 0.662. The van der Waals surface area contributed by atoms with E-state index >= 15 is 0 Å². The van der Waals surface area contributed by atoms with E-state index in [1.165, 1.54) is 23.5 Å². The van der Waals surface area contributed by atoms with E-state index < -0.39 is 5.92 Å². The third-order valence-corrected chi connectivity index (χ3v) is 5.55. The Kier molecular flexibility index (Phi) is 4.10. The van der Waals surface area contributed by atoms with Gasteiger partial charge in [0.25, 0.3) is 0 Å². The summed E-state index contributed by atoms with van der Waals surface area (Å²) in [6.45, 7) is 0. The largest absolute Gasteiger partial charge is 0.457 e. The first-order valence-corrected chi connectivity index (χ1v) is 9.09. The van der Waals surface area contributed by atoms with Crippen molar-refractivity contribution in [3.8, 4) is 11.3 Å². The third kappa shape index (κ3) is 3.08. The Morgan fingerprint density at radius 2 is 2.00 bits per heavy atom. The molecule has 1 aromatic carbocycles. The molecule has 3 heterocycles. The summed E-state index contributed by atoms with van der Waals surface area (Å²) in [5.74, 6) is 0.0569. The number of hydrogen-bond donors (Lipinski definition) is 1. The van der Waals surface area contributed by atoms with Crippen LogP contribution in [0.15, 0.2) is 57.3 Å². The van der Waals surface area contributed by atoms with Crippen LogP contribution in [0.3, 0.4) is 0 Å². The number of furan rings is 1. The molecule has 0 spiro atoms. The highest BCUT2D eigenvalue weighted by Gasteiger charge is 2.38. The molecule has 0 bridgehead atoms. The number of hydrogen-bond acceptors (Lipinski definition) is 6. The lowest BCUT2D eigenvalue weighted by Gasteiger charge is -2.01. The highest BCUT2D eigenvalue weighted by molar-refractivity contribution is 8.19. The van der Waals surface area contributed by atoms with Crippen molar-refractivity contribution in [1.82, 2.24) is 4.98 Å². The predicted octanol–water partition coefficient (Wildman–Crippen LogP) is 4.96. The van der Waals surface area contributed by atoms with Crippen LogP contribution in [0, 0.1) is 11.2 Å². The van der Waals surface area contributed by atoms with Gasteiger partial charge in [-0.15, -0.1) is 11.3 Å². The maximum atomic E-state index is 13.0. The summed E-state index contributed by atoms with van der Waals surface area (Å²) < 4.78 is 18.7. The minimum atomic E-state index is -0.609. The number of aromatic nitrogens is 1. The summed E-state index contributed by atoms with van der Waals surface area (Å²) >= 11 is 2.50. The van der Waals surface area contributed by atoms with Gasteiger partial charge < -0.3 is 4.42 Å². The van der Waals surface area contributed by atoms with Crippen LogP contribution in [-0.4, -0.2) is 15.8 Å². The molecule has 7 heteroatoms. The van der Waals surface area contributed by atoms with Gasteiger partial charge in [-0.25, -0.2) is 9.37 Å². The van der Waals surface area contributed by atoms with Crippen LogP contribution in [0.5, 0.6) is 0 Å². The first kappa shape index (κ1) is 16.0. The molecule has 4 rings (SSSR count). The number of halogens is 1. The zero-order valence-electron chi connectivity index (χ0n) is 12.7. The van der Waals surface area contributed by atoms with E-state index in [1.807, 2.05) is 0 Å². The molecule has 0 aliphatic carbocycles. The average Bonchev–Trinajstić information content (AvgIpc) is 3.31. The summed E-state index contributed by atoms with van der Waals surface area (Å²) in [5.41, 5.74) is 0.754. The normalized spacial score (nSPS) is 19.1. The van der Waals surface area contributed by atoms with E-state index in [-0.39, 0.29) is 16.6 Å². The fraction of sp³-hybridized carbons (Fsp3) is 0.0556. The van der Waals surface area contributed by atoms with E-state index in [0.717, 1.165) is 17.3 Å². The van der Waals surface area contributed by atoms with Gasteiger partial charge in [0.2, 0.25) is 0 Å². The first-order chi connectivity index (χ1) is 12.1. The number of carbonyl (C=O) groups is 1. The number of benzene rings is 1. The van der Waals surface area contributed by atoms with Gasteiger partial charge in [-0.3, -0.25) is 10.2 Å². The Morgan fingerprint density at radius 1 is 1.20 bits per heavy atom. The molecule has 1 fully saturated rings. The number of ketones is 1. The van der Waals surface area contributed by atoms with Crippen molar-refractivity contribution in [1.29, 1.82) is 5.41 Å². The summed E-state index contributed by atoms with van der Waals surface area (Å²) in [5, 5.41) is 10.8. The molecule has 1 N–H and O–H groups in total. The number of allylic oxidation sites excluding steroid dienone is 1. The molecule has 4 nitrogen and oxygen atoms in total. The average molecular weight is 370 g/mol. The Balaban J connectivity index is 1.60. The minimum absolute atomic E-state index is 0.135. The van der Waals surface area contributed by atoms with Crippen molar-refractivity contribution in [2.24, 2.45) is 0 Å². The van der Waals surface area contributed by atoms with Crippen molar-refractivity contribution in [2.45, 2.75) is 5.92 Å².